The fraction of sp³-hybridized carbons (Fsp3) is 0.455. The van der Waals surface area contributed by atoms with Crippen LogP contribution < -0.4 is 5.73 Å². The molecule has 1 rings (SSSR count). The number of rotatable bonds is 2. The molecule has 0 radical (unpaired) electrons. The summed E-state index contributed by atoms with van der Waals surface area (Å²) < 4.78 is 0. The summed E-state index contributed by atoms with van der Waals surface area (Å²) in [7, 11) is 1.77. The second-order valence-electron chi connectivity index (χ2n) is 3.91. The zero-order chi connectivity index (χ0) is 11.6. The molecule has 0 fully saturated rings. The largest absolute Gasteiger partial charge is 0.397 e. The number of nitrogen functional groups attached to an aromatic ring is 1. The zero-order valence-electron chi connectivity index (χ0n) is 9.61. The van der Waals surface area contributed by atoms with Crippen LogP contribution in [0.1, 0.15) is 29.9 Å². The number of carbonyl (C=O) groups is 1. The first-order valence-electron chi connectivity index (χ1n) is 4.92. The number of amides is 1. The van der Waals surface area contributed by atoms with Gasteiger partial charge in [0.05, 0.1) is 23.1 Å². The van der Waals surface area contributed by atoms with Gasteiger partial charge in [0.1, 0.15) is 0 Å². The van der Waals surface area contributed by atoms with E-state index in [-0.39, 0.29) is 11.9 Å². The number of aryl methyl sites for hydroxylation is 1. The summed E-state index contributed by atoms with van der Waals surface area (Å²) in [6.45, 7) is 5.74. The quantitative estimate of drug-likeness (QED) is 0.798. The van der Waals surface area contributed by atoms with Crippen molar-refractivity contribution in [3.8, 4) is 0 Å². The van der Waals surface area contributed by atoms with Gasteiger partial charge in [0.25, 0.3) is 5.91 Å². The minimum atomic E-state index is -0.0395. The zero-order valence-corrected chi connectivity index (χ0v) is 9.61. The van der Waals surface area contributed by atoms with Crippen molar-refractivity contribution in [2.75, 3.05) is 12.8 Å². The lowest BCUT2D eigenvalue weighted by molar-refractivity contribution is 0.0754. The third kappa shape index (κ3) is 2.46. The Bertz CT molecular complexity index is 374. The molecule has 15 heavy (non-hydrogen) atoms. The van der Waals surface area contributed by atoms with Crippen LogP contribution in [0.15, 0.2) is 12.3 Å². The van der Waals surface area contributed by atoms with Crippen LogP contribution in [-0.4, -0.2) is 28.9 Å². The van der Waals surface area contributed by atoms with E-state index >= 15 is 0 Å². The van der Waals surface area contributed by atoms with Crippen molar-refractivity contribution in [1.82, 2.24) is 9.88 Å². The number of carbonyl (C=O) groups excluding carboxylic acids is 1. The smallest absolute Gasteiger partial charge is 0.255 e. The molecule has 2 N–H and O–H groups in total. The number of anilines is 1. The summed E-state index contributed by atoms with van der Waals surface area (Å²) in [6.07, 6.45) is 1.56. The van der Waals surface area contributed by atoms with Crippen molar-refractivity contribution in [3.63, 3.8) is 0 Å². The van der Waals surface area contributed by atoms with Crippen molar-refractivity contribution in [3.05, 3.63) is 23.5 Å². The van der Waals surface area contributed by atoms with Crippen LogP contribution in [0.25, 0.3) is 0 Å². The van der Waals surface area contributed by atoms with Crippen molar-refractivity contribution in [2.45, 2.75) is 26.8 Å². The first-order chi connectivity index (χ1) is 6.93. The van der Waals surface area contributed by atoms with E-state index in [9.17, 15) is 4.79 Å². The lowest BCUT2D eigenvalue weighted by atomic mass is 10.1. The van der Waals surface area contributed by atoms with Crippen molar-refractivity contribution in [2.24, 2.45) is 0 Å². The highest BCUT2D eigenvalue weighted by Crippen LogP contribution is 2.12. The van der Waals surface area contributed by atoms with Gasteiger partial charge in [-0.2, -0.15) is 0 Å². The maximum absolute atomic E-state index is 12.0. The average Bonchev–Trinajstić information content (AvgIpc) is 2.19. The van der Waals surface area contributed by atoms with Crippen LogP contribution in [0.2, 0.25) is 0 Å². The van der Waals surface area contributed by atoms with Crippen LogP contribution in [0.4, 0.5) is 5.69 Å². The average molecular weight is 207 g/mol. The van der Waals surface area contributed by atoms with Crippen molar-refractivity contribution >= 4 is 11.6 Å². The SMILES string of the molecule is Cc1ncc(N)cc1C(=O)N(C)C(C)C. The number of hydrogen-bond donors (Lipinski definition) is 1. The summed E-state index contributed by atoms with van der Waals surface area (Å²) in [4.78, 5) is 17.7. The fourth-order valence-electron chi connectivity index (χ4n) is 1.19. The van der Waals surface area contributed by atoms with Gasteiger partial charge >= 0.3 is 0 Å². The summed E-state index contributed by atoms with van der Waals surface area (Å²) >= 11 is 0. The third-order valence-corrected chi connectivity index (χ3v) is 2.43. The molecule has 0 unspecified atom stereocenters. The van der Waals surface area contributed by atoms with E-state index in [1.165, 1.54) is 0 Å². The Morgan fingerprint density at radius 2 is 2.13 bits per heavy atom. The highest BCUT2D eigenvalue weighted by Gasteiger charge is 2.17. The summed E-state index contributed by atoms with van der Waals surface area (Å²) in [5.41, 5.74) is 7.41. The Labute approximate surface area is 90.1 Å². The molecule has 0 spiro atoms. The van der Waals surface area contributed by atoms with E-state index in [0.717, 1.165) is 0 Å². The number of aromatic nitrogens is 1. The molecule has 82 valence electrons. The molecule has 4 nitrogen and oxygen atoms in total. The Morgan fingerprint density at radius 3 is 2.67 bits per heavy atom. The molecule has 0 saturated heterocycles. The molecule has 1 aromatic heterocycles. The topological polar surface area (TPSA) is 59.2 Å². The lowest BCUT2D eigenvalue weighted by Gasteiger charge is -2.22. The van der Waals surface area contributed by atoms with E-state index in [4.69, 9.17) is 5.73 Å². The third-order valence-electron chi connectivity index (χ3n) is 2.43. The molecule has 0 saturated carbocycles. The minimum Gasteiger partial charge on any atom is -0.397 e. The second kappa shape index (κ2) is 4.29. The monoisotopic (exact) mass is 207 g/mol. The molecular formula is C11H17N3O. The number of nitrogens with two attached hydrogens (primary N) is 1. The van der Waals surface area contributed by atoms with Gasteiger partial charge in [-0.25, -0.2) is 0 Å². The highest BCUT2D eigenvalue weighted by atomic mass is 16.2. The maximum Gasteiger partial charge on any atom is 0.255 e. The molecule has 1 heterocycles. The molecule has 0 bridgehead atoms. The number of nitrogens with zero attached hydrogens (tertiary/aromatic N) is 2. The molecule has 0 aliphatic heterocycles. The number of pyridine rings is 1. The Kier molecular flexibility index (Phi) is 3.29. The second-order valence-corrected chi connectivity index (χ2v) is 3.91. The van der Waals surface area contributed by atoms with Gasteiger partial charge in [-0.1, -0.05) is 0 Å². The Hall–Kier alpha value is -1.58. The van der Waals surface area contributed by atoms with Gasteiger partial charge in [0.15, 0.2) is 0 Å². The molecule has 0 aromatic carbocycles. The summed E-state index contributed by atoms with van der Waals surface area (Å²) in [5, 5.41) is 0. The summed E-state index contributed by atoms with van der Waals surface area (Å²) in [5.74, 6) is -0.0395. The van der Waals surface area contributed by atoms with Gasteiger partial charge < -0.3 is 10.6 Å². The minimum absolute atomic E-state index is 0.0395. The van der Waals surface area contributed by atoms with Crippen LogP contribution in [0.3, 0.4) is 0 Å². The molecule has 0 atom stereocenters. The van der Waals surface area contributed by atoms with E-state index in [1.54, 1.807) is 31.1 Å². The van der Waals surface area contributed by atoms with E-state index < -0.39 is 0 Å². The van der Waals surface area contributed by atoms with Crippen LogP contribution in [0.5, 0.6) is 0 Å². The lowest BCUT2D eigenvalue weighted by Crippen LogP contribution is -2.33. The normalized spacial score (nSPS) is 10.5. The molecule has 1 amide bonds. The van der Waals surface area contributed by atoms with Crippen molar-refractivity contribution in [1.29, 1.82) is 0 Å². The van der Waals surface area contributed by atoms with E-state index in [1.807, 2.05) is 13.8 Å². The molecule has 4 heteroatoms. The van der Waals surface area contributed by atoms with Crippen LogP contribution in [0, 0.1) is 6.92 Å². The van der Waals surface area contributed by atoms with Gasteiger partial charge in [0.2, 0.25) is 0 Å². The Balaban J connectivity index is 3.05. The van der Waals surface area contributed by atoms with Gasteiger partial charge in [-0.3, -0.25) is 9.78 Å². The fourth-order valence-corrected chi connectivity index (χ4v) is 1.19. The molecule has 0 aliphatic carbocycles. The number of hydrogen-bond acceptors (Lipinski definition) is 3. The summed E-state index contributed by atoms with van der Waals surface area (Å²) in [6, 6.07) is 1.84. The van der Waals surface area contributed by atoms with Crippen LogP contribution in [-0.2, 0) is 0 Å². The molecular weight excluding hydrogens is 190 g/mol. The highest BCUT2D eigenvalue weighted by molar-refractivity contribution is 5.95. The van der Waals surface area contributed by atoms with Crippen LogP contribution >= 0.6 is 0 Å². The van der Waals surface area contributed by atoms with Gasteiger partial charge in [-0.05, 0) is 26.8 Å². The molecule has 1 aromatic rings. The first-order valence-corrected chi connectivity index (χ1v) is 4.92. The predicted octanol–water partition coefficient (Wildman–Crippen LogP) is 1.45. The maximum atomic E-state index is 12.0. The van der Waals surface area contributed by atoms with E-state index in [2.05, 4.69) is 4.98 Å². The first kappa shape index (κ1) is 11.5. The molecule has 0 aliphatic rings. The van der Waals surface area contributed by atoms with Gasteiger partial charge in [-0.15, -0.1) is 0 Å². The standard InChI is InChI=1S/C11H17N3O/c1-7(2)14(4)11(15)10-5-9(12)6-13-8(10)3/h5-7H,12H2,1-4H3. The Morgan fingerprint density at radius 1 is 1.53 bits per heavy atom. The van der Waals surface area contributed by atoms with E-state index in [0.29, 0.717) is 16.9 Å². The van der Waals surface area contributed by atoms with Gasteiger partial charge in [0, 0.05) is 13.1 Å². The van der Waals surface area contributed by atoms with Crippen molar-refractivity contribution < 1.29 is 4.79 Å². The predicted molar refractivity (Wildman–Crippen MR) is 60.6 cm³/mol.